The second kappa shape index (κ2) is 12.2. The van der Waals surface area contributed by atoms with Gasteiger partial charge in [0, 0.05) is 0 Å². The molecule has 1 nitrogen and oxygen atoms in total. The first-order valence-corrected chi connectivity index (χ1v) is 8.84. The lowest BCUT2D eigenvalue weighted by Crippen LogP contribution is -1.88. The first-order chi connectivity index (χ1) is 9.88. The Morgan fingerprint density at radius 2 is 1.45 bits per heavy atom. The first-order valence-electron chi connectivity index (χ1n) is 8.84. The summed E-state index contributed by atoms with van der Waals surface area (Å²) in [5.74, 6) is 0. The predicted molar refractivity (Wildman–Crippen MR) is 89.1 cm³/mol. The Balaban J connectivity index is 1.79. The highest BCUT2D eigenvalue weighted by Crippen LogP contribution is 2.28. The normalized spacial score (nSPS) is 22.1. The molecule has 0 aliphatic carbocycles. The Hall–Kier alpha value is -0.560. The van der Waals surface area contributed by atoms with Crippen molar-refractivity contribution in [1.82, 2.24) is 0 Å². The molecule has 1 aliphatic heterocycles. The van der Waals surface area contributed by atoms with Crippen molar-refractivity contribution in [3.05, 3.63) is 24.3 Å². The summed E-state index contributed by atoms with van der Waals surface area (Å²) in [6, 6.07) is 0. The minimum Gasteiger partial charge on any atom is -0.369 e. The molecule has 1 aliphatic rings. The summed E-state index contributed by atoms with van der Waals surface area (Å²) < 4.78 is 5.50. The van der Waals surface area contributed by atoms with Gasteiger partial charge in [-0.05, 0) is 32.1 Å². The van der Waals surface area contributed by atoms with Crippen molar-refractivity contribution in [2.45, 2.75) is 96.7 Å². The van der Waals surface area contributed by atoms with Gasteiger partial charge in [-0.1, -0.05) is 76.7 Å². The van der Waals surface area contributed by atoms with Crippen LogP contribution in [0.2, 0.25) is 0 Å². The third-order valence-electron chi connectivity index (χ3n) is 4.04. The molecule has 1 rings (SSSR count). The minimum absolute atomic E-state index is 0.521. The Morgan fingerprint density at radius 3 is 2.15 bits per heavy atom. The number of ether oxygens (including phenoxy) is 1. The van der Waals surface area contributed by atoms with Gasteiger partial charge in [-0.25, -0.2) is 0 Å². The zero-order valence-electron chi connectivity index (χ0n) is 13.7. The van der Waals surface area contributed by atoms with Gasteiger partial charge in [-0.2, -0.15) is 0 Å². The summed E-state index contributed by atoms with van der Waals surface area (Å²) >= 11 is 0. The molecule has 0 aromatic rings. The fourth-order valence-electron chi connectivity index (χ4n) is 2.58. The van der Waals surface area contributed by atoms with E-state index in [2.05, 4.69) is 38.2 Å². The van der Waals surface area contributed by atoms with Crippen LogP contribution in [0.5, 0.6) is 0 Å². The van der Waals surface area contributed by atoms with Crippen LogP contribution in [0.4, 0.5) is 0 Å². The van der Waals surface area contributed by atoms with Crippen LogP contribution in [0.3, 0.4) is 0 Å². The fraction of sp³-hybridized carbons (Fsp3) is 0.789. The Morgan fingerprint density at radius 1 is 0.750 bits per heavy atom. The van der Waals surface area contributed by atoms with E-state index in [1.54, 1.807) is 0 Å². The monoisotopic (exact) mass is 278 g/mol. The number of unbranched alkanes of at least 4 members (excludes halogenated alkanes) is 7. The third kappa shape index (κ3) is 9.36. The number of allylic oxidation sites excluding steroid dienone is 3. The highest BCUT2D eigenvalue weighted by Gasteiger charge is 2.35. The topological polar surface area (TPSA) is 12.5 Å². The van der Waals surface area contributed by atoms with Crippen molar-refractivity contribution in [1.29, 1.82) is 0 Å². The summed E-state index contributed by atoms with van der Waals surface area (Å²) in [7, 11) is 0. The van der Waals surface area contributed by atoms with Gasteiger partial charge in [-0.3, -0.25) is 0 Å². The molecule has 0 N–H and O–H groups in total. The molecule has 0 amide bonds. The maximum absolute atomic E-state index is 5.50. The number of epoxide rings is 1. The van der Waals surface area contributed by atoms with Crippen molar-refractivity contribution in [3.8, 4) is 0 Å². The maximum Gasteiger partial charge on any atom is 0.0876 e. The molecule has 0 spiro atoms. The SMILES string of the molecule is CCCCCCCCCC=CCC=CC[C@H]1O[C@H]1CC. The molecule has 1 heteroatoms. The zero-order chi connectivity index (χ0) is 14.5. The zero-order valence-corrected chi connectivity index (χ0v) is 13.7. The van der Waals surface area contributed by atoms with Crippen LogP contribution >= 0.6 is 0 Å². The fourth-order valence-corrected chi connectivity index (χ4v) is 2.58. The van der Waals surface area contributed by atoms with Gasteiger partial charge in [0.2, 0.25) is 0 Å². The molecular formula is C19H34O. The van der Waals surface area contributed by atoms with Gasteiger partial charge in [-0.15, -0.1) is 0 Å². The predicted octanol–water partition coefficient (Wildman–Crippen LogP) is 6.20. The highest BCUT2D eigenvalue weighted by molar-refractivity contribution is 4.97. The Kier molecular flexibility index (Phi) is 10.7. The van der Waals surface area contributed by atoms with E-state index in [0.717, 1.165) is 19.3 Å². The van der Waals surface area contributed by atoms with Crippen molar-refractivity contribution >= 4 is 0 Å². The summed E-state index contributed by atoms with van der Waals surface area (Å²) in [5.41, 5.74) is 0. The van der Waals surface area contributed by atoms with Crippen molar-refractivity contribution in [3.63, 3.8) is 0 Å². The first kappa shape index (κ1) is 17.5. The van der Waals surface area contributed by atoms with Crippen molar-refractivity contribution < 1.29 is 4.74 Å². The van der Waals surface area contributed by atoms with E-state index in [0.29, 0.717) is 12.2 Å². The van der Waals surface area contributed by atoms with Gasteiger partial charge in [0.1, 0.15) is 0 Å². The number of hydrogen-bond donors (Lipinski definition) is 0. The smallest absolute Gasteiger partial charge is 0.0876 e. The van der Waals surface area contributed by atoms with Gasteiger partial charge in [0.15, 0.2) is 0 Å². The van der Waals surface area contributed by atoms with Gasteiger partial charge in [0.25, 0.3) is 0 Å². The number of hydrogen-bond acceptors (Lipinski definition) is 1. The van der Waals surface area contributed by atoms with Gasteiger partial charge in [0.05, 0.1) is 12.2 Å². The third-order valence-corrected chi connectivity index (χ3v) is 4.04. The average molecular weight is 278 g/mol. The van der Waals surface area contributed by atoms with E-state index in [1.807, 2.05) is 0 Å². The molecule has 2 atom stereocenters. The van der Waals surface area contributed by atoms with Crippen molar-refractivity contribution in [2.24, 2.45) is 0 Å². The highest BCUT2D eigenvalue weighted by atomic mass is 16.6. The molecule has 0 aromatic carbocycles. The molecule has 20 heavy (non-hydrogen) atoms. The molecule has 0 saturated carbocycles. The summed E-state index contributed by atoms with van der Waals surface area (Å²) in [5, 5.41) is 0. The summed E-state index contributed by atoms with van der Waals surface area (Å²) in [6.45, 7) is 4.47. The molecule has 116 valence electrons. The minimum atomic E-state index is 0.521. The number of rotatable bonds is 13. The molecule has 0 bridgehead atoms. The van der Waals surface area contributed by atoms with E-state index in [-0.39, 0.29) is 0 Å². The molecular weight excluding hydrogens is 244 g/mol. The van der Waals surface area contributed by atoms with Crippen molar-refractivity contribution in [2.75, 3.05) is 0 Å². The summed E-state index contributed by atoms with van der Waals surface area (Å²) in [4.78, 5) is 0. The quantitative estimate of drug-likeness (QED) is 0.222. The van der Waals surface area contributed by atoms with Crippen LogP contribution in [0.1, 0.15) is 84.5 Å². The van der Waals surface area contributed by atoms with E-state index in [9.17, 15) is 0 Å². The lowest BCUT2D eigenvalue weighted by atomic mass is 10.1. The van der Waals surface area contributed by atoms with E-state index in [4.69, 9.17) is 4.74 Å². The second-order valence-electron chi connectivity index (χ2n) is 5.95. The van der Waals surface area contributed by atoms with E-state index < -0.39 is 0 Å². The Labute approximate surface area is 126 Å². The van der Waals surface area contributed by atoms with Crippen LogP contribution in [0.15, 0.2) is 24.3 Å². The average Bonchev–Trinajstić information content (AvgIpc) is 3.22. The maximum atomic E-state index is 5.50. The van der Waals surface area contributed by atoms with E-state index >= 15 is 0 Å². The summed E-state index contributed by atoms with van der Waals surface area (Å²) in [6.07, 6.45) is 24.7. The largest absolute Gasteiger partial charge is 0.369 e. The van der Waals surface area contributed by atoms with Gasteiger partial charge >= 0.3 is 0 Å². The Bertz CT molecular complexity index is 267. The molecule has 1 fully saturated rings. The second-order valence-corrected chi connectivity index (χ2v) is 5.95. The van der Waals surface area contributed by atoms with E-state index in [1.165, 1.54) is 51.4 Å². The lowest BCUT2D eigenvalue weighted by molar-refractivity contribution is 0.367. The van der Waals surface area contributed by atoms with Gasteiger partial charge < -0.3 is 4.74 Å². The molecule has 1 saturated heterocycles. The standard InChI is InChI=1S/C19H34O/c1-3-5-6-7-8-9-10-11-12-13-14-15-16-17-19-18(4-2)20-19/h12-13,15-16,18-19H,3-11,14,17H2,1-2H3/t18-,19+/m0/s1. The van der Waals surface area contributed by atoms with Crippen LogP contribution in [-0.4, -0.2) is 12.2 Å². The van der Waals surface area contributed by atoms with Crippen LogP contribution in [-0.2, 0) is 4.74 Å². The van der Waals surface area contributed by atoms with Crippen LogP contribution < -0.4 is 0 Å². The molecule has 0 aromatic heterocycles. The molecule has 0 radical (unpaired) electrons. The molecule has 0 unspecified atom stereocenters. The molecule has 1 heterocycles. The van der Waals surface area contributed by atoms with Crippen LogP contribution in [0.25, 0.3) is 0 Å². The lowest BCUT2D eigenvalue weighted by Gasteiger charge is -1.98. The van der Waals surface area contributed by atoms with Crippen LogP contribution in [0, 0.1) is 0 Å².